The fourth-order valence-electron chi connectivity index (χ4n) is 8.00. The number of methoxy groups -OCH3 is 1. The van der Waals surface area contributed by atoms with Crippen LogP contribution in [0.3, 0.4) is 0 Å². The lowest BCUT2D eigenvalue weighted by Gasteiger charge is -2.44. The van der Waals surface area contributed by atoms with Crippen LogP contribution in [0.25, 0.3) is 32.7 Å². The monoisotopic (exact) mass is 891 g/mol. The van der Waals surface area contributed by atoms with Crippen LogP contribution in [0.4, 0.5) is 34.1 Å². The SMILES string of the molecule is COc1c(Nc2cc3ccccc3n(C)c2=O)c(=O)c1=O.Cc1ccc(C(Nc2c(Nc3cc4ccccc4n(C)c3=O)c(=O)c2=O)C2(C)COC2)o1.Cn1c(=O)c(N)cc2ccccc21. The zero-order valence-electron chi connectivity index (χ0n) is 36.8. The van der Waals surface area contributed by atoms with Crippen molar-refractivity contribution in [1.82, 2.24) is 13.7 Å². The van der Waals surface area contributed by atoms with E-state index in [4.69, 9.17) is 19.6 Å². The van der Waals surface area contributed by atoms with Gasteiger partial charge in [-0.1, -0.05) is 61.5 Å². The third-order valence-corrected chi connectivity index (χ3v) is 11.8. The van der Waals surface area contributed by atoms with Crippen molar-refractivity contribution in [2.75, 3.05) is 42.0 Å². The number of nitrogens with zero attached hydrogens (tertiary/aromatic N) is 3. The first-order valence-electron chi connectivity index (χ1n) is 20.7. The van der Waals surface area contributed by atoms with Crippen molar-refractivity contribution >= 4 is 66.8 Å². The van der Waals surface area contributed by atoms with Gasteiger partial charge in [-0.15, -0.1) is 0 Å². The summed E-state index contributed by atoms with van der Waals surface area (Å²) in [6.07, 6.45) is 0. The molecule has 0 aliphatic carbocycles. The lowest BCUT2D eigenvalue weighted by atomic mass is 9.79. The van der Waals surface area contributed by atoms with Gasteiger partial charge in [0, 0.05) is 42.7 Å². The van der Waals surface area contributed by atoms with Crippen molar-refractivity contribution in [3.63, 3.8) is 0 Å². The highest BCUT2D eigenvalue weighted by atomic mass is 16.5. The minimum Gasteiger partial charge on any atom is -0.491 e. The van der Waals surface area contributed by atoms with E-state index in [0.717, 1.165) is 38.5 Å². The number of nitrogen functional groups attached to an aromatic ring is 1. The van der Waals surface area contributed by atoms with Crippen LogP contribution in [0.5, 0.6) is 5.75 Å². The topological polar surface area (TPSA) is 228 Å². The van der Waals surface area contributed by atoms with Crippen molar-refractivity contribution in [1.29, 1.82) is 0 Å². The van der Waals surface area contributed by atoms with Gasteiger partial charge in [0.15, 0.2) is 5.75 Å². The van der Waals surface area contributed by atoms with E-state index in [2.05, 4.69) is 16.0 Å². The van der Waals surface area contributed by atoms with Crippen LogP contribution in [0, 0.1) is 12.3 Å². The Morgan fingerprint density at radius 3 is 1.53 bits per heavy atom. The number of hydrogen-bond donors (Lipinski definition) is 4. The molecule has 1 unspecified atom stereocenters. The van der Waals surface area contributed by atoms with Crippen LogP contribution in [0.1, 0.15) is 24.5 Å². The number of furan rings is 1. The Morgan fingerprint density at radius 2 is 1.06 bits per heavy atom. The molecular weight excluding hydrogens is 847 g/mol. The molecule has 17 heteroatoms. The summed E-state index contributed by atoms with van der Waals surface area (Å²) in [6, 6.07) is 30.9. The molecule has 5 heterocycles. The van der Waals surface area contributed by atoms with Gasteiger partial charge in [-0.2, -0.15) is 0 Å². The molecule has 1 fully saturated rings. The predicted molar refractivity (Wildman–Crippen MR) is 257 cm³/mol. The van der Waals surface area contributed by atoms with Gasteiger partial charge in [0.25, 0.3) is 38.4 Å². The highest BCUT2D eigenvalue weighted by molar-refractivity contribution is 5.86. The van der Waals surface area contributed by atoms with Gasteiger partial charge in [-0.05, 0) is 55.5 Å². The number of nitrogens with one attached hydrogen (secondary N) is 3. The molecule has 9 aromatic rings. The number of aromatic nitrogens is 3. The first kappa shape index (κ1) is 44.3. The smallest absolute Gasteiger partial charge is 0.274 e. The van der Waals surface area contributed by atoms with Crippen molar-refractivity contribution in [3.05, 3.63) is 187 Å². The fraction of sp³-hybridized carbons (Fsp3) is 0.204. The minimum atomic E-state index is -0.683. The van der Waals surface area contributed by atoms with Crippen LogP contribution >= 0.6 is 0 Å². The molecule has 10 rings (SSSR count). The Balaban J connectivity index is 0.000000149. The van der Waals surface area contributed by atoms with Crippen molar-refractivity contribution in [2.24, 2.45) is 26.6 Å². The Hall–Kier alpha value is -8.31. The summed E-state index contributed by atoms with van der Waals surface area (Å²) in [4.78, 5) is 84.3. The van der Waals surface area contributed by atoms with E-state index in [0.29, 0.717) is 24.7 Å². The Bertz CT molecular complexity index is 3690. The number of ether oxygens (including phenoxy) is 2. The van der Waals surface area contributed by atoms with E-state index in [1.807, 2.05) is 98.8 Å². The van der Waals surface area contributed by atoms with Crippen LogP contribution in [-0.2, 0) is 25.9 Å². The highest BCUT2D eigenvalue weighted by Crippen LogP contribution is 2.43. The van der Waals surface area contributed by atoms with E-state index in [9.17, 15) is 33.6 Å². The number of anilines is 6. The number of rotatable bonds is 9. The van der Waals surface area contributed by atoms with Crippen molar-refractivity contribution in [2.45, 2.75) is 19.9 Å². The number of hydrogen-bond acceptors (Lipinski definition) is 14. The average Bonchev–Trinajstić information content (AvgIpc) is 3.75. The van der Waals surface area contributed by atoms with E-state index in [-0.39, 0.29) is 62.3 Å². The quantitative estimate of drug-likeness (QED) is 0.140. The molecule has 1 atom stereocenters. The van der Waals surface area contributed by atoms with Gasteiger partial charge in [-0.3, -0.25) is 33.6 Å². The molecule has 1 saturated heterocycles. The van der Waals surface area contributed by atoms with Gasteiger partial charge >= 0.3 is 0 Å². The van der Waals surface area contributed by atoms with E-state index in [1.165, 1.54) is 16.2 Å². The summed E-state index contributed by atoms with van der Waals surface area (Å²) >= 11 is 0. The maximum atomic E-state index is 12.8. The molecule has 0 saturated carbocycles. The van der Waals surface area contributed by atoms with Gasteiger partial charge < -0.3 is 49.3 Å². The standard InChI is InChI=1S/C24H23N3O5.C15H12N2O4.C10H10N2O/c1-13-8-9-17(32-13)22(24(2)11-31-12-24)26-19-18(20(28)21(19)29)25-15-10-14-6-4-5-7-16(14)27(3)23(15)30;1-17-10-6-4-3-5-8(10)7-9(15(17)20)16-11-12(18)13(19)14(11)21-2;1-12-9-5-3-2-4-7(9)6-8(11)10(12)13/h4-10,22,25-26H,11-12H2,1-3H3;3-7,16H,1-2H3;2-6H,11H2,1H3. The van der Waals surface area contributed by atoms with Gasteiger partial charge in [-0.25, -0.2) is 0 Å². The van der Waals surface area contributed by atoms with Crippen LogP contribution < -0.4 is 64.8 Å². The first-order chi connectivity index (χ1) is 31.5. The number of pyridine rings is 3. The zero-order chi connectivity index (χ0) is 47.2. The number of para-hydroxylation sites is 3. The number of nitrogens with two attached hydrogens (primary N) is 1. The molecule has 66 heavy (non-hydrogen) atoms. The second-order valence-corrected chi connectivity index (χ2v) is 16.4. The largest absolute Gasteiger partial charge is 0.491 e. The van der Waals surface area contributed by atoms with Gasteiger partial charge in [0.2, 0.25) is 0 Å². The number of aryl methyl sites for hydroxylation is 4. The zero-order valence-corrected chi connectivity index (χ0v) is 36.8. The summed E-state index contributed by atoms with van der Waals surface area (Å²) in [7, 11) is 6.35. The molecule has 0 bridgehead atoms. The molecule has 0 amide bonds. The van der Waals surface area contributed by atoms with Gasteiger partial charge in [0.1, 0.15) is 40.0 Å². The molecule has 1 aliphatic heterocycles. The van der Waals surface area contributed by atoms with E-state index in [1.54, 1.807) is 43.9 Å². The lowest BCUT2D eigenvalue weighted by molar-refractivity contribution is -0.115. The molecule has 336 valence electrons. The molecule has 1 aliphatic rings. The summed E-state index contributed by atoms with van der Waals surface area (Å²) in [5, 5.41) is 11.5. The summed E-state index contributed by atoms with van der Waals surface area (Å²) in [5.41, 5.74) is 5.35. The number of benzene rings is 3. The maximum absolute atomic E-state index is 12.8. The van der Waals surface area contributed by atoms with E-state index >= 15 is 0 Å². The van der Waals surface area contributed by atoms with Crippen LogP contribution in [0.2, 0.25) is 0 Å². The molecule has 0 spiro atoms. The Kier molecular flexibility index (Phi) is 11.6. The third kappa shape index (κ3) is 7.85. The Morgan fingerprint density at radius 1 is 0.606 bits per heavy atom. The molecule has 5 N–H and O–H groups in total. The second kappa shape index (κ2) is 17.3. The van der Waals surface area contributed by atoms with Crippen LogP contribution in [-0.4, -0.2) is 34.0 Å². The maximum Gasteiger partial charge on any atom is 0.274 e. The van der Waals surface area contributed by atoms with Crippen molar-refractivity contribution < 1.29 is 13.9 Å². The summed E-state index contributed by atoms with van der Waals surface area (Å²) in [5.74, 6) is 1.36. The second-order valence-electron chi connectivity index (χ2n) is 16.4. The first-order valence-corrected chi connectivity index (χ1v) is 20.7. The molecule has 5 aromatic carbocycles. The molecule has 4 aromatic heterocycles. The Labute approximate surface area is 374 Å². The molecule has 17 nitrogen and oxygen atoms in total. The number of fused-ring (bicyclic) bond motifs is 3. The highest BCUT2D eigenvalue weighted by Gasteiger charge is 2.45. The summed E-state index contributed by atoms with van der Waals surface area (Å²) < 4.78 is 20.6. The molecule has 0 radical (unpaired) electrons. The van der Waals surface area contributed by atoms with Crippen LogP contribution in [0.15, 0.2) is 141 Å². The summed E-state index contributed by atoms with van der Waals surface area (Å²) in [6.45, 7) is 4.87. The fourth-order valence-corrected chi connectivity index (χ4v) is 8.00. The lowest BCUT2D eigenvalue weighted by Crippen LogP contribution is -2.49. The van der Waals surface area contributed by atoms with E-state index < -0.39 is 21.7 Å². The van der Waals surface area contributed by atoms with Gasteiger partial charge in [0.05, 0.1) is 48.6 Å². The minimum absolute atomic E-state index is 0.0230. The third-order valence-electron chi connectivity index (χ3n) is 11.8. The molecular formula is C49H45N7O10. The normalized spacial score (nSPS) is 13.4. The van der Waals surface area contributed by atoms with Crippen molar-refractivity contribution in [3.8, 4) is 5.75 Å². The predicted octanol–water partition coefficient (Wildman–Crippen LogP) is 4.98. The average molecular weight is 892 g/mol.